The van der Waals surface area contributed by atoms with E-state index < -0.39 is 67.2 Å². The van der Waals surface area contributed by atoms with E-state index in [0.29, 0.717) is 122 Å². The molecule has 0 spiro atoms. The fraction of sp³-hybridized carbons (Fsp3) is 0.619. The van der Waals surface area contributed by atoms with Crippen LogP contribution in [0, 0.1) is 69.0 Å². The Hall–Kier alpha value is -8.16. The minimum Gasteiger partial charge on any atom is -0.507 e. The highest BCUT2D eigenvalue weighted by Crippen LogP contribution is 2.71. The van der Waals surface area contributed by atoms with Gasteiger partial charge in [-0.25, -0.2) is 0 Å². The topological polar surface area (TPSA) is 303 Å². The van der Waals surface area contributed by atoms with Gasteiger partial charge in [0.05, 0.1) is 50.1 Å². The number of amides is 4. The predicted molar refractivity (Wildman–Crippen MR) is 379 cm³/mol. The smallest absolute Gasteiger partial charge is 0.325 e. The number of hydrogen-bond acceptors (Lipinski definition) is 16. The number of phenols is 4. The van der Waals surface area contributed by atoms with Crippen molar-refractivity contribution < 1.29 is 77.7 Å². The van der Waals surface area contributed by atoms with Gasteiger partial charge in [-0.05, 0) is 290 Å². The quantitative estimate of drug-likeness (QED) is 0.0337. The summed E-state index contributed by atoms with van der Waals surface area (Å²) in [7, 11) is 5.23. The fourth-order valence-corrected chi connectivity index (χ4v) is 27.3. The molecule has 0 radical (unpaired) electrons. The lowest BCUT2D eigenvalue weighted by Gasteiger charge is -2.61. The third-order valence-electron chi connectivity index (χ3n) is 29.7. The van der Waals surface area contributed by atoms with E-state index in [1.807, 2.05) is 0 Å². The fourth-order valence-electron chi connectivity index (χ4n) is 27.3. The van der Waals surface area contributed by atoms with Crippen LogP contribution in [0.2, 0.25) is 0 Å². The molecule has 17 aliphatic carbocycles. The van der Waals surface area contributed by atoms with E-state index >= 15 is 0 Å². The number of nitrogens with one attached hydrogen (secondary N) is 4. The normalized spacial score (nSPS) is 35.7. The molecule has 8 unspecified atom stereocenters. The molecule has 21 rings (SSSR count). The van der Waals surface area contributed by atoms with Crippen molar-refractivity contribution in [1.82, 2.24) is 21.3 Å². The number of ether oxygens (including phenoxy) is 4. The van der Waals surface area contributed by atoms with Crippen molar-refractivity contribution in [2.75, 3.05) is 54.6 Å². The van der Waals surface area contributed by atoms with Crippen LogP contribution < -0.4 is 21.3 Å². The summed E-state index contributed by atoms with van der Waals surface area (Å²) in [5, 5.41) is 65.9. The van der Waals surface area contributed by atoms with Gasteiger partial charge in [0, 0.05) is 25.7 Å². The summed E-state index contributed by atoms with van der Waals surface area (Å²) >= 11 is 0. The van der Waals surface area contributed by atoms with Crippen molar-refractivity contribution in [3.8, 4) is 23.0 Å². The summed E-state index contributed by atoms with van der Waals surface area (Å²) in [6.07, 6.45) is 18.2. The SMILES string of the molecule is COC(=O)CNC(=O)C12CC3CC(C1)CC(c1cc4c(O)c(c1)Cc1cc(C56CC7CC(CC(C(=O)NCC(=O)OC)(C7)C5)C6)cc(c1O)Cc1cc(C56CC7CC(CC(C(=O)NCC(=O)OC)(C7)C5)C6)cc(c1O)Cc1cc(C56CC7CC(CC(C(=O)NCC(=O)OC)(C7)C5)C6)cc(c1O)C4)(C3)C2. The van der Waals surface area contributed by atoms with E-state index in [1.165, 1.54) is 28.4 Å². The van der Waals surface area contributed by atoms with Gasteiger partial charge in [-0.2, -0.15) is 0 Å². The Morgan fingerprint density at radius 3 is 0.615 bits per heavy atom. The molecular weight excluding hydrogens is 1320 g/mol. The molecule has 17 aliphatic rings. The van der Waals surface area contributed by atoms with Crippen molar-refractivity contribution in [1.29, 1.82) is 0 Å². The summed E-state index contributed by atoms with van der Waals surface area (Å²) in [5.41, 5.74) is 3.17. The minimum atomic E-state index is -0.761. The van der Waals surface area contributed by atoms with Crippen LogP contribution in [-0.2, 0) is 105 Å². The molecule has 0 saturated heterocycles. The van der Waals surface area contributed by atoms with Gasteiger partial charge in [0.2, 0.25) is 23.6 Å². The lowest BCUT2D eigenvalue weighted by atomic mass is 9.42. The highest BCUT2D eigenvalue weighted by Gasteiger charge is 2.66. The number of esters is 4. The molecule has 0 aromatic heterocycles. The Labute approximate surface area is 607 Å². The number of methoxy groups -OCH3 is 4. The number of phenolic OH excluding ortho intramolecular Hbond substituents is 4. The summed E-state index contributed by atoms with van der Waals surface area (Å²) in [4.78, 5) is 109. The highest BCUT2D eigenvalue weighted by atomic mass is 16.5. The second-order valence-corrected chi connectivity index (χ2v) is 36.4. The average molecular weight is 1420 g/mol. The van der Waals surface area contributed by atoms with Gasteiger partial charge in [0.1, 0.15) is 49.2 Å². The zero-order chi connectivity index (χ0) is 72.4. The molecule has 8 N–H and O–H groups in total. The summed E-state index contributed by atoms with van der Waals surface area (Å²) in [6.45, 7) is -0.964. The van der Waals surface area contributed by atoms with Gasteiger partial charge in [-0.3, -0.25) is 38.4 Å². The number of fused-ring (bicyclic) bond motifs is 8. The molecule has 0 aliphatic heterocycles. The Morgan fingerprint density at radius 2 is 0.462 bits per heavy atom. The molecule has 552 valence electrons. The van der Waals surface area contributed by atoms with Crippen molar-refractivity contribution in [3.05, 3.63) is 115 Å². The maximum atomic E-state index is 14.8. The Morgan fingerprint density at radius 1 is 0.298 bits per heavy atom. The molecule has 20 nitrogen and oxygen atoms in total. The number of hydrogen-bond donors (Lipinski definition) is 8. The number of benzene rings is 4. The third-order valence-corrected chi connectivity index (χ3v) is 29.7. The molecule has 4 amide bonds. The van der Waals surface area contributed by atoms with Gasteiger partial charge in [-0.1, -0.05) is 48.5 Å². The van der Waals surface area contributed by atoms with Crippen LogP contribution in [0.4, 0.5) is 0 Å². The second-order valence-electron chi connectivity index (χ2n) is 36.4. The molecule has 20 heteroatoms. The van der Waals surface area contributed by atoms with Crippen LogP contribution in [0.5, 0.6) is 23.0 Å². The van der Waals surface area contributed by atoms with Gasteiger partial charge >= 0.3 is 23.9 Å². The first-order chi connectivity index (χ1) is 49.7. The van der Waals surface area contributed by atoms with Gasteiger partial charge < -0.3 is 60.6 Å². The molecule has 24 bridgehead atoms. The Bertz CT molecular complexity index is 3650. The summed E-state index contributed by atoms with van der Waals surface area (Å²) in [6, 6.07) is 16.8. The van der Waals surface area contributed by atoms with E-state index in [2.05, 4.69) is 69.8 Å². The monoisotopic (exact) mass is 1420 g/mol. The lowest BCUT2D eigenvalue weighted by molar-refractivity contribution is -0.152. The van der Waals surface area contributed by atoms with Crippen LogP contribution in [0.15, 0.2) is 48.5 Å². The standard InChI is InChI=1S/C84H100N4O16/c1-101-65(89)37-85-73(97)81-29-45-5-46(30-81)22-77(21-45,41-81)61-13-53-9-55-15-62(78-23-47-6-48(24-78)32-82(31-47,42-78)74(98)86-38-66(90)102-2)17-57(70(55)94)11-59-19-64(80-27-51-8-52(28-80)36-84(35-51,44-80)76(100)88-40-68(92)104-4)20-60(72(59)96)12-58-18-63(16-56(71(58)95)10-54(14-61)69(53)93)79-25-49-7-50(26-79)34-83(33-49,43-79)75(99)87-39-67(91)103-3/h13-20,45-52,93-96H,5-12,21-44H2,1-4H3,(H,85,97)(H,86,98)(H,87,99)(H,88,100). The van der Waals surface area contributed by atoms with E-state index in [1.54, 1.807) is 0 Å². The van der Waals surface area contributed by atoms with Gasteiger partial charge in [0.25, 0.3) is 0 Å². The van der Waals surface area contributed by atoms with Crippen LogP contribution in [0.1, 0.15) is 221 Å². The van der Waals surface area contributed by atoms with Gasteiger partial charge in [-0.15, -0.1) is 0 Å². The second kappa shape index (κ2) is 24.7. The number of carbonyl (C=O) groups is 8. The van der Waals surface area contributed by atoms with Crippen LogP contribution >= 0.6 is 0 Å². The van der Waals surface area contributed by atoms with Gasteiger partial charge in [0.15, 0.2) is 0 Å². The Kier molecular flexibility index (Phi) is 16.4. The van der Waals surface area contributed by atoms with Crippen LogP contribution in [0.3, 0.4) is 0 Å². The highest BCUT2D eigenvalue weighted by molar-refractivity contribution is 5.90. The van der Waals surface area contributed by atoms with E-state index in [0.717, 1.165) is 99.3 Å². The van der Waals surface area contributed by atoms with Crippen LogP contribution in [0.25, 0.3) is 0 Å². The first kappa shape index (κ1) is 68.9. The lowest BCUT2D eigenvalue weighted by Crippen LogP contribution is -2.59. The zero-order valence-electron chi connectivity index (χ0n) is 60.6. The number of carbonyl (C=O) groups excluding carboxylic acids is 8. The predicted octanol–water partition coefficient (Wildman–Crippen LogP) is 9.69. The van der Waals surface area contributed by atoms with Crippen molar-refractivity contribution in [2.24, 2.45) is 69.0 Å². The molecular formula is C84H100N4O16. The largest absolute Gasteiger partial charge is 0.507 e. The molecule has 8 atom stereocenters. The maximum Gasteiger partial charge on any atom is 0.325 e. The third kappa shape index (κ3) is 11.3. The molecule has 16 fully saturated rings. The minimum absolute atomic E-state index is 0.0145. The average Bonchev–Trinajstić information content (AvgIpc) is 0.723. The van der Waals surface area contributed by atoms with E-state index in [4.69, 9.17) is 18.9 Å². The number of aromatic hydroxyl groups is 4. The van der Waals surface area contributed by atoms with Crippen molar-refractivity contribution in [3.63, 3.8) is 0 Å². The number of rotatable bonds is 16. The summed E-state index contributed by atoms with van der Waals surface area (Å²) in [5.74, 6) is -0.978. The van der Waals surface area contributed by atoms with E-state index in [9.17, 15) is 58.8 Å². The molecule has 0 heterocycles. The molecule has 104 heavy (non-hydrogen) atoms. The van der Waals surface area contributed by atoms with Crippen molar-refractivity contribution in [2.45, 2.75) is 201 Å². The first-order valence-corrected chi connectivity index (χ1v) is 38.5. The zero-order valence-corrected chi connectivity index (χ0v) is 60.6. The molecule has 16 saturated carbocycles. The molecule has 4 aromatic carbocycles. The van der Waals surface area contributed by atoms with Crippen LogP contribution in [-0.4, -0.2) is 123 Å². The van der Waals surface area contributed by atoms with E-state index in [-0.39, 0.29) is 146 Å². The Balaban J connectivity index is 0.853. The summed E-state index contributed by atoms with van der Waals surface area (Å²) < 4.78 is 19.9. The molecule has 4 aromatic rings. The van der Waals surface area contributed by atoms with Crippen molar-refractivity contribution >= 4 is 47.5 Å². The maximum absolute atomic E-state index is 14.8. The first-order valence-electron chi connectivity index (χ1n) is 38.5.